The maximum absolute atomic E-state index is 10.6. The Morgan fingerprint density at radius 2 is 2.10 bits per heavy atom. The summed E-state index contributed by atoms with van der Waals surface area (Å²) in [6, 6.07) is 0. The predicted molar refractivity (Wildman–Crippen MR) is 35.6 cm³/mol. The highest BCUT2D eigenvalue weighted by molar-refractivity contribution is 7.86. The molecule has 0 amide bonds. The van der Waals surface area contributed by atoms with Gasteiger partial charge in [-0.3, -0.25) is 0 Å². The van der Waals surface area contributed by atoms with Crippen molar-refractivity contribution < 1.29 is 17.6 Å². The van der Waals surface area contributed by atoms with E-state index < -0.39 is 10.1 Å². The highest BCUT2D eigenvalue weighted by Gasteiger charge is 2.09. The first-order valence-electron chi connectivity index (χ1n) is 2.86. The summed E-state index contributed by atoms with van der Waals surface area (Å²) in [6.07, 6.45) is 0. The lowest BCUT2D eigenvalue weighted by atomic mass is 10.8. The molecule has 0 aromatic carbocycles. The molecule has 6 heteroatoms. The van der Waals surface area contributed by atoms with Crippen LogP contribution < -0.4 is 5.73 Å². The predicted octanol–water partition coefficient (Wildman–Crippen LogP) is -0.757. The van der Waals surface area contributed by atoms with Gasteiger partial charge >= 0.3 is 0 Å². The Balaban J connectivity index is 3.65. The van der Waals surface area contributed by atoms with E-state index in [2.05, 4.69) is 9.22 Å². The molecule has 5 nitrogen and oxygen atoms in total. The molecule has 0 aliphatic carbocycles. The number of hydrogen-bond acceptors (Lipinski definition) is 5. The fourth-order valence-corrected chi connectivity index (χ4v) is 0.899. The summed E-state index contributed by atoms with van der Waals surface area (Å²) in [5, 5.41) is 0. The molecule has 0 saturated carbocycles. The minimum Gasteiger partial charge on any atom is -0.329 e. The molecule has 0 heterocycles. The summed E-state index contributed by atoms with van der Waals surface area (Å²) in [5.74, 6) is -0.215. The first-order valence-corrected chi connectivity index (χ1v) is 4.44. The molecule has 0 spiro atoms. The monoisotopic (exact) mass is 169 g/mol. The van der Waals surface area contributed by atoms with Crippen LogP contribution in [0.1, 0.15) is 6.92 Å². The van der Waals surface area contributed by atoms with Crippen molar-refractivity contribution in [1.29, 1.82) is 0 Å². The van der Waals surface area contributed by atoms with Crippen LogP contribution in [0.3, 0.4) is 0 Å². The Kier molecular flexibility index (Phi) is 4.54. The molecule has 0 aliphatic heterocycles. The lowest BCUT2D eigenvalue weighted by molar-refractivity contribution is -0.196. The van der Waals surface area contributed by atoms with Crippen LogP contribution in [0.2, 0.25) is 0 Å². The number of hydrogen-bond donors (Lipinski definition) is 1. The Labute approximate surface area is 60.2 Å². The maximum Gasteiger partial charge on any atom is 0.294 e. The smallest absolute Gasteiger partial charge is 0.294 e. The Bertz CT molecular complexity index is 164. The largest absolute Gasteiger partial charge is 0.329 e. The third-order valence-corrected chi connectivity index (χ3v) is 1.68. The lowest BCUT2D eigenvalue weighted by Crippen LogP contribution is -2.18. The Morgan fingerprint density at radius 3 is 2.50 bits per heavy atom. The molecular formula is C4H11NO4S. The summed E-state index contributed by atoms with van der Waals surface area (Å²) < 4.78 is 25.1. The molecule has 0 saturated heterocycles. The van der Waals surface area contributed by atoms with Gasteiger partial charge in [0.05, 0.1) is 12.4 Å². The second-order valence-corrected chi connectivity index (χ2v) is 3.18. The molecule has 0 rings (SSSR count). The van der Waals surface area contributed by atoms with E-state index in [9.17, 15) is 8.42 Å². The third kappa shape index (κ3) is 4.68. The quantitative estimate of drug-likeness (QED) is 0.432. The first kappa shape index (κ1) is 9.83. The third-order valence-electron chi connectivity index (χ3n) is 0.637. The molecule has 0 aromatic rings. The van der Waals surface area contributed by atoms with Crippen LogP contribution in [0.15, 0.2) is 0 Å². The average Bonchev–Trinajstić information content (AvgIpc) is 1.84. The van der Waals surface area contributed by atoms with Gasteiger partial charge in [0.15, 0.2) is 0 Å². The van der Waals surface area contributed by atoms with E-state index in [0.29, 0.717) is 0 Å². The number of rotatable bonds is 5. The van der Waals surface area contributed by atoms with Gasteiger partial charge in [0, 0.05) is 6.54 Å². The minimum absolute atomic E-state index is 0.0371. The van der Waals surface area contributed by atoms with Crippen molar-refractivity contribution in [3.8, 4) is 0 Å². The minimum atomic E-state index is -3.54. The molecule has 0 aromatic heterocycles. The van der Waals surface area contributed by atoms with Crippen LogP contribution >= 0.6 is 0 Å². The Morgan fingerprint density at radius 1 is 1.50 bits per heavy atom. The van der Waals surface area contributed by atoms with E-state index in [0.717, 1.165) is 0 Å². The molecule has 2 N–H and O–H groups in total. The van der Waals surface area contributed by atoms with Crippen molar-refractivity contribution in [3.63, 3.8) is 0 Å². The standard InChI is InChI=1S/C4H11NO4S/c1-2-8-9-10(6,7)4-3-5/h2-5H2,1H3. The normalized spacial score (nSPS) is 11.8. The van der Waals surface area contributed by atoms with Crippen molar-refractivity contribution in [2.75, 3.05) is 18.9 Å². The summed E-state index contributed by atoms with van der Waals surface area (Å²) in [7, 11) is -3.54. The molecule has 0 atom stereocenters. The van der Waals surface area contributed by atoms with Gasteiger partial charge < -0.3 is 5.73 Å². The van der Waals surface area contributed by atoms with Crippen LogP contribution in [0.4, 0.5) is 0 Å². The van der Waals surface area contributed by atoms with E-state index >= 15 is 0 Å². The topological polar surface area (TPSA) is 78.6 Å². The molecule has 62 valence electrons. The first-order chi connectivity index (χ1) is 4.62. The fourth-order valence-electron chi connectivity index (χ4n) is 0.300. The molecule has 10 heavy (non-hydrogen) atoms. The van der Waals surface area contributed by atoms with Crippen molar-refractivity contribution in [1.82, 2.24) is 0 Å². The van der Waals surface area contributed by atoms with Gasteiger partial charge in [-0.05, 0) is 6.92 Å². The van der Waals surface area contributed by atoms with Crippen molar-refractivity contribution >= 4 is 10.1 Å². The van der Waals surface area contributed by atoms with Crippen molar-refractivity contribution in [2.24, 2.45) is 5.73 Å². The van der Waals surface area contributed by atoms with Gasteiger partial charge in [-0.25, -0.2) is 4.89 Å². The van der Waals surface area contributed by atoms with E-state index in [1.165, 1.54) is 0 Å². The summed E-state index contributed by atoms with van der Waals surface area (Å²) in [4.78, 5) is 4.21. The Hall–Kier alpha value is -0.170. The second kappa shape index (κ2) is 4.62. The second-order valence-electron chi connectivity index (χ2n) is 1.53. The SMILES string of the molecule is CCOOS(=O)(=O)CCN. The van der Waals surface area contributed by atoms with Gasteiger partial charge in [0.25, 0.3) is 10.1 Å². The van der Waals surface area contributed by atoms with Crippen molar-refractivity contribution in [3.05, 3.63) is 0 Å². The zero-order valence-electron chi connectivity index (χ0n) is 5.74. The lowest BCUT2D eigenvalue weighted by Gasteiger charge is -1.99. The molecular weight excluding hydrogens is 158 g/mol. The van der Waals surface area contributed by atoms with Gasteiger partial charge in [0.2, 0.25) is 0 Å². The van der Waals surface area contributed by atoms with E-state index in [-0.39, 0.29) is 18.9 Å². The van der Waals surface area contributed by atoms with E-state index in [1.807, 2.05) is 0 Å². The fraction of sp³-hybridized carbons (Fsp3) is 1.00. The molecule has 0 unspecified atom stereocenters. The molecule has 0 radical (unpaired) electrons. The molecule has 0 fully saturated rings. The van der Waals surface area contributed by atoms with Crippen LogP contribution in [0.25, 0.3) is 0 Å². The highest BCUT2D eigenvalue weighted by atomic mass is 32.2. The van der Waals surface area contributed by atoms with Crippen molar-refractivity contribution in [2.45, 2.75) is 6.92 Å². The van der Waals surface area contributed by atoms with Gasteiger partial charge in [-0.15, -0.1) is 4.33 Å². The zero-order valence-corrected chi connectivity index (χ0v) is 6.56. The van der Waals surface area contributed by atoms with Gasteiger partial charge in [0.1, 0.15) is 0 Å². The average molecular weight is 169 g/mol. The van der Waals surface area contributed by atoms with Crippen LogP contribution in [0, 0.1) is 0 Å². The zero-order chi connectivity index (χ0) is 8.04. The maximum atomic E-state index is 10.6. The van der Waals surface area contributed by atoms with Gasteiger partial charge in [-0.2, -0.15) is 8.42 Å². The van der Waals surface area contributed by atoms with Crippen LogP contribution in [-0.4, -0.2) is 27.3 Å². The highest BCUT2D eigenvalue weighted by Crippen LogP contribution is 1.91. The van der Waals surface area contributed by atoms with Gasteiger partial charge in [-0.1, -0.05) is 0 Å². The summed E-state index contributed by atoms with van der Waals surface area (Å²) in [6.45, 7) is 1.86. The van der Waals surface area contributed by atoms with Crippen LogP contribution in [-0.2, 0) is 19.3 Å². The van der Waals surface area contributed by atoms with E-state index in [1.54, 1.807) is 6.92 Å². The van der Waals surface area contributed by atoms with E-state index in [4.69, 9.17) is 5.73 Å². The molecule has 0 bridgehead atoms. The summed E-state index contributed by atoms with van der Waals surface area (Å²) >= 11 is 0. The summed E-state index contributed by atoms with van der Waals surface area (Å²) in [5.41, 5.74) is 4.97. The van der Waals surface area contributed by atoms with Crippen LogP contribution in [0.5, 0.6) is 0 Å². The number of nitrogens with two attached hydrogens (primary N) is 1. The molecule has 0 aliphatic rings.